The Bertz CT molecular complexity index is 533. The van der Waals surface area contributed by atoms with Gasteiger partial charge >= 0.3 is 0 Å². The van der Waals surface area contributed by atoms with E-state index in [0.29, 0.717) is 6.61 Å². The largest absolute Gasteiger partial charge is 0.492 e. The molecule has 21 heavy (non-hydrogen) atoms. The molecule has 0 aliphatic heterocycles. The van der Waals surface area contributed by atoms with Gasteiger partial charge in [0.2, 0.25) is 0 Å². The van der Waals surface area contributed by atoms with E-state index < -0.39 is 0 Å². The molecule has 0 bridgehead atoms. The first-order valence-corrected chi connectivity index (χ1v) is 8.90. The Balaban J connectivity index is 1.82. The lowest BCUT2D eigenvalue weighted by Crippen LogP contribution is -2.29. The summed E-state index contributed by atoms with van der Waals surface area (Å²) in [6.07, 6.45) is 0. The maximum absolute atomic E-state index is 5.81. The molecule has 0 saturated heterocycles. The van der Waals surface area contributed by atoms with Crippen LogP contribution in [-0.4, -0.2) is 29.9 Å². The van der Waals surface area contributed by atoms with Crippen LogP contribution in [0.25, 0.3) is 0 Å². The molecule has 0 spiro atoms. The first-order valence-electron chi connectivity index (χ1n) is 6.98. The fraction of sp³-hybridized carbons (Fsp3) is 0.294. The molecule has 0 atom stereocenters. The number of nitrogens with zero attached hydrogens (tertiary/aromatic N) is 1. The molecule has 0 heterocycles. The number of halogens is 2. The molecule has 0 aliphatic rings. The van der Waals surface area contributed by atoms with Crippen molar-refractivity contribution >= 4 is 31.9 Å². The summed E-state index contributed by atoms with van der Waals surface area (Å²) in [6.45, 7) is 3.56. The summed E-state index contributed by atoms with van der Waals surface area (Å²) < 4.78 is 6.86. The van der Waals surface area contributed by atoms with E-state index in [9.17, 15) is 0 Å². The molecule has 0 N–H and O–H groups in total. The topological polar surface area (TPSA) is 12.5 Å². The number of rotatable bonds is 8. The van der Waals surface area contributed by atoms with Gasteiger partial charge in [0.25, 0.3) is 0 Å². The van der Waals surface area contributed by atoms with Gasteiger partial charge in [0.15, 0.2) is 0 Å². The smallest absolute Gasteiger partial charge is 0.120 e. The van der Waals surface area contributed by atoms with E-state index in [1.54, 1.807) is 0 Å². The molecular formula is C17H19Br2NO. The van der Waals surface area contributed by atoms with Gasteiger partial charge in [-0.15, -0.1) is 0 Å². The maximum atomic E-state index is 5.81. The lowest BCUT2D eigenvalue weighted by atomic mass is 10.2. The van der Waals surface area contributed by atoms with Crippen LogP contribution in [-0.2, 0) is 6.54 Å². The van der Waals surface area contributed by atoms with Gasteiger partial charge in [0.1, 0.15) is 12.4 Å². The summed E-state index contributed by atoms with van der Waals surface area (Å²) in [6, 6.07) is 18.5. The van der Waals surface area contributed by atoms with Crippen LogP contribution >= 0.6 is 31.9 Å². The molecule has 0 fully saturated rings. The monoisotopic (exact) mass is 411 g/mol. The third-order valence-corrected chi connectivity index (χ3v) is 3.97. The molecule has 0 saturated carbocycles. The molecule has 112 valence electrons. The Labute approximate surface area is 143 Å². The van der Waals surface area contributed by atoms with Crippen molar-refractivity contribution in [1.82, 2.24) is 4.90 Å². The molecule has 2 aromatic rings. The molecule has 2 nitrogen and oxygen atoms in total. The van der Waals surface area contributed by atoms with E-state index in [-0.39, 0.29) is 0 Å². The van der Waals surface area contributed by atoms with E-state index in [1.165, 1.54) is 5.56 Å². The second kappa shape index (κ2) is 9.23. The van der Waals surface area contributed by atoms with Gasteiger partial charge in [-0.25, -0.2) is 0 Å². The Kier molecular flexibility index (Phi) is 7.27. The van der Waals surface area contributed by atoms with Crippen LogP contribution in [0.1, 0.15) is 5.56 Å². The highest BCUT2D eigenvalue weighted by atomic mass is 79.9. The Morgan fingerprint density at radius 3 is 2.48 bits per heavy atom. The van der Waals surface area contributed by atoms with Crippen LogP contribution in [0.5, 0.6) is 5.75 Å². The van der Waals surface area contributed by atoms with E-state index in [0.717, 1.165) is 35.2 Å². The highest BCUT2D eigenvalue weighted by Gasteiger charge is 2.05. The zero-order chi connectivity index (χ0) is 14.9. The van der Waals surface area contributed by atoms with Crippen LogP contribution in [0.15, 0.2) is 59.1 Å². The molecule has 0 radical (unpaired) electrons. The average Bonchev–Trinajstić information content (AvgIpc) is 2.48. The van der Waals surface area contributed by atoms with Crippen LogP contribution in [0.4, 0.5) is 0 Å². The quantitative estimate of drug-likeness (QED) is 0.581. The number of hydrogen-bond acceptors (Lipinski definition) is 2. The summed E-state index contributed by atoms with van der Waals surface area (Å²) in [4.78, 5) is 2.39. The minimum absolute atomic E-state index is 0.691. The Hall–Kier alpha value is -0.840. The summed E-state index contributed by atoms with van der Waals surface area (Å²) in [5, 5.41) is 0.969. The van der Waals surface area contributed by atoms with E-state index in [1.807, 2.05) is 24.3 Å². The molecule has 0 aromatic heterocycles. The van der Waals surface area contributed by atoms with Crippen molar-refractivity contribution in [2.24, 2.45) is 0 Å². The van der Waals surface area contributed by atoms with E-state index >= 15 is 0 Å². The predicted octanol–water partition coefficient (Wildman–Crippen LogP) is 4.73. The van der Waals surface area contributed by atoms with Crippen molar-refractivity contribution in [3.05, 3.63) is 64.6 Å². The van der Waals surface area contributed by atoms with E-state index in [4.69, 9.17) is 4.74 Å². The fourth-order valence-electron chi connectivity index (χ4n) is 2.08. The highest BCUT2D eigenvalue weighted by Crippen LogP contribution is 2.17. The standard InChI is InChI=1S/C17H19Br2NO/c18-9-10-20(14-15-5-2-1-3-6-15)11-12-21-17-8-4-7-16(19)13-17/h1-8,13H,9-12,14H2. The Morgan fingerprint density at radius 1 is 0.952 bits per heavy atom. The van der Waals surface area contributed by atoms with Gasteiger partial charge in [-0.1, -0.05) is 68.3 Å². The molecule has 4 heteroatoms. The van der Waals surface area contributed by atoms with Gasteiger partial charge in [-0.2, -0.15) is 0 Å². The number of ether oxygens (including phenoxy) is 1. The van der Waals surface area contributed by atoms with Crippen molar-refractivity contribution in [2.45, 2.75) is 6.54 Å². The SMILES string of the molecule is BrCCN(CCOc1cccc(Br)c1)Cc1ccccc1. The molecule has 0 amide bonds. The normalized spacial score (nSPS) is 10.8. The van der Waals surface area contributed by atoms with Gasteiger partial charge in [0.05, 0.1) is 0 Å². The maximum Gasteiger partial charge on any atom is 0.120 e. The van der Waals surface area contributed by atoms with E-state index in [2.05, 4.69) is 67.1 Å². The molecule has 0 aliphatic carbocycles. The average molecular weight is 413 g/mol. The highest BCUT2D eigenvalue weighted by molar-refractivity contribution is 9.10. The Morgan fingerprint density at radius 2 is 1.76 bits per heavy atom. The predicted molar refractivity (Wildman–Crippen MR) is 95.2 cm³/mol. The van der Waals surface area contributed by atoms with Gasteiger partial charge in [-0.3, -0.25) is 4.90 Å². The first kappa shape index (κ1) is 16.5. The second-order valence-electron chi connectivity index (χ2n) is 4.76. The minimum Gasteiger partial charge on any atom is -0.492 e. The molecule has 0 unspecified atom stereocenters. The van der Waals surface area contributed by atoms with Crippen molar-refractivity contribution in [3.63, 3.8) is 0 Å². The number of benzene rings is 2. The zero-order valence-corrected chi connectivity index (χ0v) is 15.0. The molecule has 2 rings (SSSR count). The van der Waals surface area contributed by atoms with Crippen molar-refractivity contribution < 1.29 is 4.74 Å². The summed E-state index contributed by atoms with van der Waals surface area (Å²) in [7, 11) is 0. The van der Waals surface area contributed by atoms with Crippen molar-refractivity contribution in [2.75, 3.05) is 25.0 Å². The fourth-order valence-corrected chi connectivity index (χ4v) is 2.96. The molecular weight excluding hydrogens is 394 g/mol. The van der Waals surface area contributed by atoms with Gasteiger partial charge in [-0.05, 0) is 23.8 Å². The zero-order valence-electron chi connectivity index (χ0n) is 11.8. The van der Waals surface area contributed by atoms with Gasteiger partial charge < -0.3 is 4.74 Å². The third kappa shape index (κ3) is 6.20. The summed E-state index contributed by atoms with van der Waals surface area (Å²) >= 11 is 6.98. The second-order valence-corrected chi connectivity index (χ2v) is 6.47. The summed E-state index contributed by atoms with van der Waals surface area (Å²) in [5.41, 5.74) is 1.33. The first-order chi connectivity index (χ1) is 10.3. The van der Waals surface area contributed by atoms with Gasteiger partial charge in [0, 0.05) is 29.4 Å². The van der Waals surface area contributed by atoms with Crippen LogP contribution < -0.4 is 4.74 Å². The van der Waals surface area contributed by atoms with Crippen LogP contribution in [0, 0.1) is 0 Å². The van der Waals surface area contributed by atoms with Crippen molar-refractivity contribution in [1.29, 1.82) is 0 Å². The summed E-state index contributed by atoms with van der Waals surface area (Å²) in [5.74, 6) is 0.905. The minimum atomic E-state index is 0.691. The lowest BCUT2D eigenvalue weighted by molar-refractivity contribution is 0.211. The number of hydrogen-bond donors (Lipinski definition) is 0. The third-order valence-electron chi connectivity index (χ3n) is 3.12. The van der Waals surface area contributed by atoms with Crippen LogP contribution in [0.2, 0.25) is 0 Å². The lowest BCUT2D eigenvalue weighted by Gasteiger charge is -2.21. The molecule has 2 aromatic carbocycles. The van der Waals surface area contributed by atoms with Crippen molar-refractivity contribution in [3.8, 4) is 5.75 Å². The van der Waals surface area contributed by atoms with Crippen LogP contribution in [0.3, 0.4) is 0 Å². The number of alkyl halides is 1.